The molecule has 2 aromatic rings. The standard InChI is InChI=1S/C15H17BrN2O2S/c1-15(5-2-6-20-8-15)18-14(19)13-12(17)10-4-3-9(16)7-11(10)21-13/h3-4,7H,2,5-6,8,17H2,1H3,(H,18,19). The summed E-state index contributed by atoms with van der Waals surface area (Å²) in [5.74, 6) is -0.113. The first-order chi connectivity index (χ1) is 9.98. The maximum atomic E-state index is 12.5. The summed E-state index contributed by atoms with van der Waals surface area (Å²) in [4.78, 5) is 13.1. The number of amides is 1. The maximum Gasteiger partial charge on any atom is 0.264 e. The van der Waals surface area contributed by atoms with E-state index in [1.165, 1.54) is 11.3 Å². The number of ether oxygens (including phenoxy) is 1. The van der Waals surface area contributed by atoms with Crippen LogP contribution in [0.15, 0.2) is 22.7 Å². The van der Waals surface area contributed by atoms with Gasteiger partial charge in [-0.05, 0) is 31.9 Å². The number of nitrogens with one attached hydrogen (secondary N) is 1. The number of benzene rings is 1. The van der Waals surface area contributed by atoms with Gasteiger partial charge in [0.25, 0.3) is 5.91 Å². The van der Waals surface area contributed by atoms with Gasteiger partial charge in [-0.25, -0.2) is 0 Å². The molecule has 0 spiro atoms. The molecule has 0 saturated carbocycles. The van der Waals surface area contributed by atoms with E-state index in [1.807, 2.05) is 25.1 Å². The van der Waals surface area contributed by atoms with Crippen molar-refractivity contribution in [3.8, 4) is 0 Å². The highest BCUT2D eigenvalue weighted by Gasteiger charge is 2.31. The summed E-state index contributed by atoms with van der Waals surface area (Å²) in [6.45, 7) is 3.34. The van der Waals surface area contributed by atoms with Crippen LogP contribution in [0.25, 0.3) is 10.1 Å². The van der Waals surface area contributed by atoms with Crippen LogP contribution in [0.5, 0.6) is 0 Å². The fraction of sp³-hybridized carbons (Fsp3) is 0.400. The average molecular weight is 369 g/mol. The first-order valence-corrected chi connectivity index (χ1v) is 8.47. The van der Waals surface area contributed by atoms with Gasteiger partial charge in [0.05, 0.1) is 17.8 Å². The minimum Gasteiger partial charge on any atom is -0.397 e. The Labute approximate surface area is 135 Å². The molecule has 1 aromatic carbocycles. The van der Waals surface area contributed by atoms with Gasteiger partial charge in [-0.3, -0.25) is 4.79 Å². The topological polar surface area (TPSA) is 64.4 Å². The van der Waals surface area contributed by atoms with E-state index in [2.05, 4.69) is 21.2 Å². The summed E-state index contributed by atoms with van der Waals surface area (Å²) in [6, 6.07) is 5.86. The van der Waals surface area contributed by atoms with Crippen LogP contribution >= 0.6 is 27.3 Å². The third-order valence-electron chi connectivity index (χ3n) is 3.75. The maximum absolute atomic E-state index is 12.5. The number of anilines is 1. The van der Waals surface area contributed by atoms with Crippen molar-refractivity contribution >= 4 is 48.9 Å². The minimum atomic E-state index is -0.307. The van der Waals surface area contributed by atoms with Gasteiger partial charge in [0, 0.05) is 21.2 Å². The molecule has 112 valence electrons. The molecule has 2 heterocycles. The van der Waals surface area contributed by atoms with Gasteiger partial charge in [0.1, 0.15) is 4.88 Å². The second-order valence-corrected chi connectivity index (χ2v) is 7.62. The molecule has 1 saturated heterocycles. The van der Waals surface area contributed by atoms with E-state index < -0.39 is 0 Å². The third kappa shape index (κ3) is 2.93. The summed E-state index contributed by atoms with van der Waals surface area (Å²) in [5, 5.41) is 4.01. The molecule has 21 heavy (non-hydrogen) atoms. The number of hydrogen-bond donors (Lipinski definition) is 2. The summed E-state index contributed by atoms with van der Waals surface area (Å²) in [7, 11) is 0. The zero-order valence-electron chi connectivity index (χ0n) is 11.7. The van der Waals surface area contributed by atoms with Crippen molar-refractivity contribution in [2.45, 2.75) is 25.3 Å². The molecule has 1 unspecified atom stereocenters. The van der Waals surface area contributed by atoms with Crippen molar-refractivity contribution in [2.24, 2.45) is 0 Å². The molecule has 3 rings (SSSR count). The molecule has 6 heteroatoms. The van der Waals surface area contributed by atoms with Gasteiger partial charge >= 0.3 is 0 Å². The molecular weight excluding hydrogens is 352 g/mol. The van der Waals surface area contributed by atoms with Gasteiger partial charge in [-0.15, -0.1) is 11.3 Å². The number of rotatable bonds is 2. The van der Waals surface area contributed by atoms with Crippen molar-refractivity contribution in [3.63, 3.8) is 0 Å². The van der Waals surface area contributed by atoms with Crippen LogP contribution in [0.4, 0.5) is 5.69 Å². The van der Waals surface area contributed by atoms with Crippen LogP contribution in [0.2, 0.25) is 0 Å². The molecule has 3 N–H and O–H groups in total. The summed E-state index contributed by atoms with van der Waals surface area (Å²) < 4.78 is 7.47. The normalized spacial score (nSPS) is 22.4. The van der Waals surface area contributed by atoms with Crippen molar-refractivity contribution in [3.05, 3.63) is 27.5 Å². The minimum absolute atomic E-state index is 0.113. The lowest BCUT2D eigenvalue weighted by Gasteiger charge is -2.34. The second kappa shape index (κ2) is 5.59. The van der Waals surface area contributed by atoms with E-state index in [9.17, 15) is 4.79 Å². The number of carbonyl (C=O) groups is 1. The number of halogens is 1. The van der Waals surface area contributed by atoms with Gasteiger partial charge in [-0.2, -0.15) is 0 Å². The number of fused-ring (bicyclic) bond motifs is 1. The number of nitrogen functional groups attached to an aromatic ring is 1. The molecule has 1 amide bonds. The fourth-order valence-electron chi connectivity index (χ4n) is 2.62. The highest BCUT2D eigenvalue weighted by atomic mass is 79.9. The van der Waals surface area contributed by atoms with Crippen LogP contribution in [-0.4, -0.2) is 24.7 Å². The fourth-order valence-corrected chi connectivity index (χ4v) is 4.19. The lowest BCUT2D eigenvalue weighted by atomic mass is 9.95. The molecule has 0 aliphatic carbocycles. The predicted molar refractivity (Wildman–Crippen MR) is 89.9 cm³/mol. The Kier molecular flexibility index (Phi) is 3.94. The van der Waals surface area contributed by atoms with Gasteiger partial charge < -0.3 is 15.8 Å². The number of hydrogen-bond acceptors (Lipinski definition) is 4. The third-order valence-corrected chi connectivity index (χ3v) is 5.41. The average Bonchev–Trinajstić information content (AvgIpc) is 2.76. The molecule has 4 nitrogen and oxygen atoms in total. The SMILES string of the molecule is CC1(NC(=O)c2sc3cc(Br)ccc3c2N)CCCOC1. The smallest absolute Gasteiger partial charge is 0.264 e. The Hall–Kier alpha value is -1.11. The second-order valence-electron chi connectivity index (χ2n) is 5.66. The van der Waals surface area contributed by atoms with Crippen LogP contribution in [-0.2, 0) is 4.74 Å². The van der Waals surface area contributed by atoms with E-state index in [0.29, 0.717) is 17.2 Å². The van der Waals surface area contributed by atoms with Gasteiger partial charge in [0.15, 0.2) is 0 Å². The molecule has 1 aliphatic heterocycles. The van der Waals surface area contributed by atoms with E-state index >= 15 is 0 Å². The molecule has 0 bridgehead atoms. The molecule has 0 radical (unpaired) electrons. The van der Waals surface area contributed by atoms with Crippen molar-refractivity contribution in [2.75, 3.05) is 18.9 Å². The largest absolute Gasteiger partial charge is 0.397 e. The Morgan fingerprint density at radius 2 is 2.33 bits per heavy atom. The highest BCUT2D eigenvalue weighted by Crippen LogP contribution is 2.35. The van der Waals surface area contributed by atoms with Crippen LogP contribution in [0, 0.1) is 0 Å². The van der Waals surface area contributed by atoms with Gasteiger partial charge in [-0.1, -0.05) is 22.0 Å². The summed E-state index contributed by atoms with van der Waals surface area (Å²) in [5.41, 5.74) is 6.39. The Morgan fingerprint density at radius 1 is 1.52 bits per heavy atom. The first kappa shape index (κ1) is 14.8. The van der Waals surface area contributed by atoms with E-state index in [4.69, 9.17) is 10.5 Å². The van der Waals surface area contributed by atoms with Crippen molar-refractivity contribution in [1.82, 2.24) is 5.32 Å². The summed E-state index contributed by atoms with van der Waals surface area (Å²) in [6.07, 6.45) is 1.89. The number of carbonyl (C=O) groups excluding carboxylic acids is 1. The van der Waals surface area contributed by atoms with Gasteiger partial charge in [0.2, 0.25) is 0 Å². The van der Waals surface area contributed by atoms with E-state index in [0.717, 1.165) is 34.0 Å². The quantitative estimate of drug-likeness (QED) is 0.851. The van der Waals surface area contributed by atoms with Crippen molar-refractivity contribution < 1.29 is 9.53 Å². The zero-order valence-corrected chi connectivity index (χ0v) is 14.1. The van der Waals surface area contributed by atoms with Crippen molar-refractivity contribution in [1.29, 1.82) is 0 Å². The molecular formula is C15H17BrN2O2S. The number of nitrogens with two attached hydrogens (primary N) is 1. The lowest BCUT2D eigenvalue weighted by molar-refractivity contribution is 0.0274. The number of thiophene rings is 1. The van der Waals surface area contributed by atoms with E-state index in [1.54, 1.807) is 0 Å². The predicted octanol–water partition coefficient (Wildman–Crippen LogP) is 3.54. The lowest BCUT2D eigenvalue weighted by Crippen LogP contribution is -2.51. The van der Waals surface area contributed by atoms with Crippen LogP contribution in [0.3, 0.4) is 0 Å². The summed E-state index contributed by atoms with van der Waals surface area (Å²) >= 11 is 4.87. The molecule has 1 atom stereocenters. The highest BCUT2D eigenvalue weighted by molar-refractivity contribution is 9.10. The Balaban J connectivity index is 1.89. The molecule has 1 aromatic heterocycles. The Morgan fingerprint density at radius 3 is 3.05 bits per heavy atom. The molecule has 1 aliphatic rings. The monoisotopic (exact) mass is 368 g/mol. The van der Waals surface area contributed by atoms with E-state index in [-0.39, 0.29) is 11.4 Å². The zero-order chi connectivity index (χ0) is 15.0. The molecule has 1 fully saturated rings. The van der Waals surface area contributed by atoms with Crippen LogP contribution in [0.1, 0.15) is 29.4 Å². The van der Waals surface area contributed by atoms with Crippen LogP contribution < -0.4 is 11.1 Å². The first-order valence-electron chi connectivity index (χ1n) is 6.86. The Bertz CT molecular complexity index is 692.